The molecule has 1 rings (SSSR count). The standard InChI is InChI=1S/C17H22ClNO5/c1-6-23-16-13(18)9-12(10-14(16)22-5)7-8-15(20)24-11(2)17(21)19(3)4/h7-11H,6H2,1-5H3/b8-7+/t11-/m1/s1. The highest BCUT2D eigenvalue weighted by atomic mass is 35.5. The topological polar surface area (TPSA) is 65.1 Å². The first kappa shape index (κ1) is 19.8. The zero-order chi connectivity index (χ0) is 18.3. The van der Waals surface area contributed by atoms with E-state index in [1.165, 1.54) is 31.1 Å². The smallest absolute Gasteiger partial charge is 0.331 e. The van der Waals surface area contributed by atoms with Crippen molar-refractivity contribution in [1.29, 1.82) is 0 Å². The van der Waals surface area contributed by atoms with Gasteiger partial charge in [-0.3, -0.25) is 4.79 Å². The van der Waals surface area contributed by atoms with E-state index >= 15 is 0 Å². The van der Waals surface area contributed by atoms with Crippen LogP contribution in [0.5, 0.6) is 11.5 Å². The van der Waals surface area contributed by atoms with Crippen LogP contribution in [-0.4, -0.2) is 50.7 Å². The molecular formula is C17H22ClNO5. The van der Waals surface area contributed by atoms with Gasteiger partial charge in [0.15, 0.2) is 17.6 Å². The number of rotatable bonds is 7. The highest BCUT2D eigenvalue weighted by Crippen LogP contribution is 2.36. The molecule has 0 saturated carbocycles. The first-order valence-electron chi connectivity index (χ1n) is 7.40. The van der Waals surface area contributed by atoms with Gasteiger partial charge in [-0.15, -0.1) is 0 Å². The van der Waals surface area contributed by atoms with Crippen LogP contribution >= 0.6 is 11.6 Å². The first-order chi connectivity index (χ1) is 11.3. The van der Waals surface area contributed by atoms with Crippen molar-refractivity contribution in [3.8, 4) is 11.5 Å². The molecule has 24 heavy (non-hydrogen) atoms. The van der Waals surface area contributed by atoms with E-state index in [-0.39, 0.29) is 5.91 Å². The van der Waals surface area contributed by atoms with E-state index in [2.05, 4.69) is 0 Å². The molecule has 0 aliphatic rings. The van der Waals surface area contributed by atoms with Crippen LogP contribution < -0.4 is 9.47 Å². The van der Waals surface area contributed by atoms with Crippen molar-refractivity contribution in [2.24, 2.45) is 0 Å². The molecule has 132 valence electrons. The summed E-state index contributed by atoms with van der Waals surface area (Å²) in [4.78, 5) is 24.8. The highest BCUT2D eigenvalue weighted by molar-refractivity contribution is 6.32. The fourth-order valence-corrected chi connectivity index (χ4v) is 2.19. The molecule has 0 aromatic heterocycles. The minimum atomic E-state index is -0.851. The maximum Gasteiger partial charge on any atom is 0.331 e. The van der Waals surface area contributed by atoms with Crippen LogP contribution in [0.1, 0.15) is 19.4 Å². The largest absolute Gasteiger partial charge is 0.493 e. The molecule has 1 atom stereocenters. The molecule has 0 fully saturated rings. The number of nitrogens with zero attached hydrogens (tertiary/aromatic N) is 1. The number of carbonyl (C=O) groups is 2. The quantitative estimate of drug-likeness (QED) is 0.556. The van der Waals surface area contributed by atoms with Gasteiger partial charge in [-0.2, -0.15) is 0 Å². The van der Waals surface area contributed by atoms with Gasteiger partial charge in [-0.25, -0.2) is 4.79 Å². The van der Waals surface area contributed by atoms with Crippen molar-refractivity contribution in [3.63, 3.8) is 0 Å². The van der Waals surface area contributed by atoms with Crippen molar-refractivity contribution in [2.75, 3.05) is 27.8 Å². The SMILES string of the molecule is CCOc1c(Cl)cc(/C=C/C(=O)O[C@H](C)C(=O)N(C)C)cc1OC. The summed E-state index contributed by atoms with van der Waals surface area (Å²) < 4.78 is 15.7. The third-order valence-electron chi connectivity index (χ3n) is 3.03. The maximum absolute atomic E-state index is 11.8. The van der Waals surface area contributed by atoms with E-state index in [0.29, 0.717) is 28.7 Å². The third-order valence-corrected chi connectivity index (χ3v) is 3.31. The number of carbonyl (C=O) groups excluding carboxylic acids is 2. The van der Waals surface area contributed by atoms with Crippen molar-refractivity contribution >= 4 is 29.6 Å². The van der Waals surface area contributed by atoms with Gasteiger partial charge in [-0.1, -0.05) is 11.6 Å². The molecule has 0 radical (unpaired) electrons. The van der Waals surface area contributed by atoms with Crippen molar-refractivity contribution in [3.05, 3.63) is 28.8 Å². The van der Waals surface area contributed by atoms with Gasteiger partial charge in [0.25, 0.3) is 5.91 Å². The van der Waals surface area contributed by atoms with Crippen molar-refractivity contribution in [1.82, 2.24) is 4.90 Å². The molecule has 1 aromatic rings. The van der Waals surface area contributed by atoms with Crippen molar-refractivity contribution in [2.45, 2.75) is 20.0 Å². The van der Waals surface area contributed by atoms with Crippen LogP contribution in [-0.2, 0) is 14.3 Å². The van der Waals surface area contributed by atoms with Crippen LogP contribution in [0.3, 0.4) is 0 Å². The number of amides is 1. The Hall–Kier alpha value is -2.21. The lowest BCUT2D eigenvalue weighted by Crippen LogP contribution is -2.34. The number of likely N-dealkylation sites (N-methyl/N-ethyl adjacent to an activating group) is 1. The summed E-state index contributed by atoms with van der Waals surface area (Å²) in [7, 11) is 4.69. The number of hydrogen-bond acceptors (Lipinski definition) is 5. The summed E-state index contributed by atoms with van der Waals surface area (Å²) in [6.45, 7) is 3.82. The molecule has 6 nitrogen and oxygen atoms in total. The maximum atomic E-state index is 11.8. The van der Waals surface area contributed by atoms with Crippen molar-refractivity contribution < 1.29 is 23.8 Å². The van der Waals surface area contributed by atoms with E-state index in [4.69, 9.17) is 25.8 Å². The van der Waals surface area contributed by atoms with Gasteiger partial charge in [-0.05, 0) is 37.6 Å². The summed E-state index contributed by atoms with van der Waals surface area (Å²) >= 11 is 6.16. The second kappa shape index (κ2) is 9.17. The van der Waals surface area contributed by atoms with E-state index in [1.54, 1.807) is 26.2 Å². The molecule has 0 aliphatic heterocycles. The van der Waals surface area contributed by atoms with E-state index in [1.807, 2.05) is 6.92 Å². The molecule has 0 bridgehead atoms. The number of halogens is 1. The lowest BCUT2D eigenvalue weighted by Gasteiger charge is -2.16. The molecule has 0 N–H and O–H groups in total. The second-order valence-electron chi connectivity index (χ2n) is 5.11. The normalized spacial score (nSPS) is 11.9. The Labute approximate surface area is 146 Å². The summed E-state index contributed by atoms with van der Waals surface area (Å²) in [5.41, 5.74) is 0.642. The average Bonchev–Trinajstić information content (AvgIpc) is 2.53. The molecule has 0 saturated heterocycles. The van der Waals surface area contributed by atoms with Gasteiger partial charge < -0.3 is 19.1 Å². The Morgan fingerprint density at radius 3 is 2.54 bits per heavy atom. The fraction of sp³-hybridized carbons (Fsp3) is 0.412. The lowest BCUT2D eigenvalue weighted by atomic mass is 10.2. The Balaban J connectivity index is 2.85. The fourth-order valence-electron chi connectivity index (χ4n) is 1.91. The number of esters is 1. The molecule has 1 amide bonds. The second-order valence-corrected chi connectivity index (χ2v) is 5.52. The Morgan fingerprint density at radius 1 is 1.33 bits per heavy atom. The van der Waals surface area contributed by atoms with Crippen LogP contribution in [0.15, 0.2) is 18.2 Å². The number of hydrogen-bond donors (Lipinski definition) is 0. The highest BCUT2D eigenvalue weighted by Gasteiger charge is 2.18. The van der Waals surface area contributed by atoms with Gasteiger partial charge in [0.1, 0.15) is 0 Å². The third kappa shape index (κ3) is 5.45. The molecule has 1 aromatic carbocycles. The summed E-state index contributed by atoms with van der Waals surface area (Å²) in [5.74, 6) is 0.00400. The Kier molecular flexibility index (Phi) is 7.58. The average molecular weight is 356 g/mol. The predicted molar refractivity (Wildman–Crippen MR) is 92.5 cm³/mol. The van der Waals surface area contributed by atoms with Gasteiger partial charge in [0, 0.05) is 20.2 Å². The van der Waals surface area contributed by atoms with E-state index < -0.39 is 12.1 Å². The minimum Gasteiger partial charge on any atom is -0.493 e. The van der Waals surface area contributed by atoms with Crippen LogP contribution in [0.4, 0.5) is 0 Å². The lowest BCUT2D eigenvalue weighted by molar-refractivity contribution is -0.153. The number of benzene rings is 1. The Bertz CT molecular complexity index is 628. The molecule has 0 unspecified atom stereocenters. The zero-order valence-electron chi connectivity index (χ0n) is 14.5. The Morgan fingerprint density at radius 2 is 2.00 bits per heavy atom. The van der Waals surface area contributed by atoms with Crippen LogP contribution in [0, 0.1) is 0 Å². The monoisotopic (exact) mass is 355 g/mol. The molecular weight excluding hydrogens is 334 g/mol. The number of ether oxygens (including phenoxy) is 3. The summed E-state index contributed by atoms with van der Waals surface area (Å²) in [5, 5.41) is 0.375. The van der Waals surface area contributed by atoms with Crippen LogP contribution in [0.2, 0.25) is 5.02 Å². The van der Waals surface area contributed by atoms with Gasteiger partial charge in [0.05, 0.1) is 18.7 Å². The van der Waals surface area contributed by atoms with E-state index in [0.717, 1.165) is 0 Å². The van der Waals surface area contributed by atoms with Gasteiger partial charge in [0.2, 0.25) is 0 Å². The van der Waals surface area contributed by atoms with Gasteiger partial charge >= 0.3 is 5.97 Å². The molecule has 0 spiro atoms. The van der Waals surface area contributed by atoms with Crippen LogP contribution in [0.25, 0.3) is 6.08 Å². The summed E-state index contributed by atoms with van der Waals surface area (Å²) in [6.07, 6.45) is 1.90. The molecule has 0 heterocycles. The first-order valence-corrected chi connectivity index (χ1v) is 7.78. The zero-order valence-corrected chi connectivity index (χ0v) is 15.2. The van der Waals surface area contributed by atoms with E-state index in [9.17, 15) is 9.59 Å². The predicted octanol–water partition coefficient (Wildman–Crippen LogP) is 2.78. The molecule has 7 heteroatoms. The summed E-state index contributed by atoms with van der Waals surface area (Å²) in [6, 6.07) is 3.34. The molecule has 0 aliphatic carbocycles. The number of methoxy groups -OCH3 is 1. The minimum absolute atomic E-state index is 0.289.